The van der Waals surface area contributed by atoms with E-state index in [-0.39, 0.29) is 18.8 Å². The highest BCUT2D eigenvalue weighted by Crippen LogP contribution is 2.10. The van der Waals surface area contributed by atoms with E-state index in [1.165, 1.54) is 0 Å². The number of hydrogen-bond donors (Lipinski definition) is 6. The van der Waals surface area contributed by atoms with Gasteiger partial charge in [0.05, 0.1) is 6.04 Å². The smallest absolute Gasteiger partial charge is 0.326 e. The summed E-state index contributed by atoms with van der Waals surface area (Å²) in [7, 11) is 0. The van der Waals surface area contributed by atoms with E-state index in [1.807, 2.05) is 20.1 Å². The third-order valence-corrected chi connectivity index (χ3v) is 6.13. The molecule has 1 aromatic rings. The second-order valence-electron chi connectivity index (χ2n) is 9.16. The van der Waals surface area contributed by atoms with Crippen LogP contribution in [0.15, 0.2) is 30.3 Å². The van der Waals surface area contributed by atoms with Gasteiger partial charge in [-0.25, -0.2) is 4.79 Å². The lowest BCUT2D eigenvalue weighted by molar-refractivity contribution is -0.143. The van der Waals surface area contributed by atoms with Crippen LogP contribution >= 0.6 is 11.8 Å². The zero-order valence-electron chi connectivity index (χ0n) is 21.4. The van der Waals surface area contributed by atoms with Crippen LogP contribution in [0.1, 0.15) is 45.1 Å². The largest absolute Gasteiger partial charge is 0.481 e. The van der Waals surface area contributed by atoms with Crippen molar-refractivity contribution in [3.63, 3.8) is 0 Å². The van der Waals surface area contributed by atoms with Gasteiger partial charge < -0.3 is 31.9 Å². The topological polar surface area (TPSA) is 188 Å². The molecule has 0 aliphatic heterocycles. The third kappa shape index (κ3) is 12.6. The maximum absolute atomic E-state index is 13.2. The van der Waals surface area contributed by atoms with Gasteiger partial charge >= 0.3 is 11.9 Å². The molecule has 0 aliphatic rings. The predicted molar refractivity (Wildman–Crippen MR) is 141 cm³/mol. The van der Waals surface area contributed by atoms with Crippen LogP contribution in [0.2, 0.25) is 0 Å². The number of benzene rings is 1. The Kier molecular flexibility index (Phi) is 14.3. The SMILES string of the molecule is CSCCC(N)C(=O)NC(CC(C)C)C(=O)NC(Cc1ccccc1)C(=O)NC(CCC(=O)O)C(=O)O. The highest BCUT2D eigenvalue weighted by atomic mass is 32.2. The molecule has 0 saturated heterocycles. The number of amides is 3. The maximum Gasteiger partial charge on any atom is 0.326 e. The molecule has 4 unspecified atom stereocenters. The number of carbonyl (C=O) groups is 5. The summed E-state index contributed by atoms with van der Waals surface area (Å²) in [4.78, 5) is 61.4. The highest BCUT2D eigenvalue weighted by molar-refractivity contribution is 7.98. The Morgan fingerprint density at radius 1 is 0.865 bits per heavy atom. The molecule has 206 valence electrons. The van der Waals surface area contributed by atoms with Gasteiger partial charge in [0.2, 0.25) is 17.7 Å². The first-order valence-corrected chi connectivity index (χ1v) is 13.5. The lowest BCUT2D eigenvalue weighted by atomic mass is 10.00. The van der Waals surface area contributed by atoms with Crippen molar-refractivity contribution >= 4 is 41.4 Å². The van der Waals surface area contributed by atoms with Crippen LogP contribution in [0, 0.1) is 5.92 Å². The minimum absolute atomic E-state index is 0.0345. The van der Waals surface area contributed by atoms with E-state index in [1.54, 1.807) is 42.1 Å². The van der Waals surface area contributed by atoms with Crippen molar-refractivity contribution in [2.45, 2.75) is 70.1 Å². The van der Waals surface area contributed by atoms with Crippen LogP contribution in [0.4, 0.5) is 0 Å². The predicted octanol–water partition coefficient (Wildman–Crippen LogP) is 0.759. The van der Waals surface area contributed by atoms with Crippen LogP contribution in [-0.2, 0) is 30.4 Å². The lowest BCUT2D eigenvalue weighted by Gasteiger charge is -2.26. The Labute approximate surface area is 221 Å². The molecule has 12 heteroatoms. The fourth-order valence-corrected chi connectivity index (χ4v) is 3.98. The van der Waals surface area contributed by atoms with E-state index in [0.717, 1.165) is 0 Å². The molecule has 0 aromatic heterocycles. The summed E-state index contributed by atoms with van der Waals surface area (Å²) in [6, 6.07) is 4.46. The van der Waals surface area contributed by atoms with Gasteiger partial charge in [-0.2, -0.15) is 11.8 Å². The maximum atomic E-state index is 13.2. The first-order chi connectivity index (χ1) is 17.4. The zero-order chi connectivity index (χ0) is 28.0. The Hall–Kier alpha value is -3.12. The van der Waals surface area contributed by atoms with Gasteiger partial charge in [-0.15, -0.1) is 0 Å². The van der Waals surface area contributed by atoms with Gasteiger partial charge in [0.1, 0.15) is 18.1 Å². The Bertz CT molecular complexity index is 914. The molecule has 0 bridgehead atoms. The average molecular weight is 539 g/mol. The summed E-state index contributed by atoms with van der Waals surface area (Å²) in [5.41, 5.74) is 6.66. The highest BCUT2D eigenvalue weighted by Gasteiger charge is 2.31. The van der Waals surface area contributed by atoms with Crippen molar-refractivity contribution < 1.29 is 34.2 Å². The van der Waals surface area contributed by atoms with Crippen molar-refractivity contribution in [2.24, 2.45) is 11.7 Å². The minimum Gasteiger partial charge on any atom is -0.481 e. The van der Waals surface area contributed by atoms with Gasteiger partial charge in [0.25, 0.3) is 0 Å². The number of carboxylic acid groups (broad SMARTS) is 2. The molecule has 0 heterocycles. The molecule has 3 amide bonds. The van der Waals surface area contributed by atoms with Crippen molar-refractivity contribution in [3.05, 3.63) is 35.9 Å². The Morgan fingerprint density at radius 2 is 1.43 bits per heavy atom. The molecule has 37 heavy (non-hydrogen) atoms. The molecule has 0 saturated carbocycles. The summed E-state index contributed by atoms with van der Waals surface area (Å²) >= 11 is 1.55. The number of hydrogen-bond acceptors (Lipinski definition) is 7. The van der Waals surface area contributed by atoms with Crippen molar-refractivity contribution in [3.8, 4) is 0 Å². The molecular weight excluding hydrogens is 500 g/mol. The fourth-order valence-electron chi connectivity index (χ4n) is 3.49. The molecule has 11 nitrogen and oxygen atoms in total. The van der Waals surface area contributed by atoms with Gasteiger partial charge in [0.15, 0.2) is 0 Å². The number of carbonyl (C=O) groups excluding carboxylic acids is 3. The molecular formula is C25H38N4O7S. The average Bonchev–Trinajstić information content (AvgIpc) is 2.83. The van der Waals surface area contributed by atoms with Crippen molar-refractivity contribution in [1.82, 2.24) is 16.0 Å². The number of thioether (sulfide) groups is 1. The van der Waals surface area contributed by atoms with Gasteiger partial charge in [-0.05, 0) is 42.8 Å². The zero-order valence-corrected chi connectivity index (χ0v) is 22.3. The number of nitrogens with one attached hydrogen (secondary N) is 3. The molecule has 0 aliphatic carbocycles. The summed E-state index contributed by atoms with van der Waals surface area (Å²) in [6.45, 7) is 3.77. The molecule has 4 atom stereocenters. The summed E-state index contributed by atoms with van der Waals surface area (Å²) < 4.78 is 0. The number of aliphatic carboxylic acids is 2. The van der Waals surface area contributed by atoms with Gasteiger partial charge in [0, 0.05) is 12.8 Å². The van der Waals surface area contributed by atoms with E-state index >= 15 is 0 Å². The molecule has 0 spiro atoms. The van der Waals surface area contributed by atoms with Crippen molar-refractivity contribution in [2.75, 3.05) is 12.0 Å². The van der Waals surface area contributed by atoms with Gasteiger partial charge in [-0.1, -0.05) is 44.2 Å². The van der Waals surface area contributed by atoms with E-state index in [4.69, 9.17) is 10.8 Å². The summed E-state index contributed by atoms with van der Waals surface area (Å²) in [6.07, 6.45) is 1.92. The quantitative estimate of drug-likeness (QED) is 0.166. The normalized spacial score (nSPS) is 14.2. The summed E-state index contributed by atoms with van der Waals surface area (Å²) in [5, 5.41) is 26.0. The number of nitrogens with two attached hydrogens (primary N) is 1. The van der Waals surface area contributed by atoms with Gasteiger partial charge in [-0.3, -0.25) is 19.2 Å². The molecule has 0 fully saturated rings. The van der Waals surface area contributed by atoms with Crippen LogP contribution in [0.5, 0.6) is 0 Å². The van der Waals surface area contributed by atoms with Crippen LogP contribution in [0.25, 0.3) is 0 Å². The molecule has 7 N–H and O–H groups in total. The summed E-state index contributed by atoms with van der Waals surface area (Å²) in [5.74, 6) is -3.72. The monoisotopic (exact) mass is 538 g/mol. The van der Waals surface area contributed by atoms with E-state index < -0.39 is 60.2 Å². The first kappa shape index (κ1) is 31.9. The number of carboxylic acids is 2. The molecule has 1 aromatic carbocycles. The fraction of sp³-hybridized carbons (Fsp3) is 0.560. The van der Waals surface area contributed by atoms with E-state index in [0.29, 0.717) is 24.2 Å². The van der Waals surface area contributed by atoms with Crippen molar-refractivity contribution in [1.29, 1.82) is 0 Å². The molecule has 1 rings (SSSR count). The van der Waals surface area contributed by atoms with Crippen LogP contribution in [-0.4, -0.2) is 76.0 Å². The number of rotatable bonds is 17. The van der Waals surface area contributed by atoms with Crippen LogP contribution in [0.3, 0.4) is 0 Å². The third-order valence-electron chi connectivity index (χ3n) is 5.49. The van der Waals surface area contributed by atoms with E-state index in [9.17, 15) is 29.1 Å². The second-order valence-corrected chi connectivity index (χ2v) is 10.1. The first-order valence-electron chi connectivity index (χ1n) is 12.1. The Morgan fingerprint density at radius 3 is 1.97 bits per heavy atom. The van der Waals surface area contributed by atoms with E-state index in [2.05, 4.69) is 16.0 Å². The molecule has 0 radical (unpaired) electrons. The van der Waals surface area contributed by atoms with Crippen LogP contribution < -0.4 is 21.7 Å². The Balaban J connectivity index is 3.09. The standard InChI is InChI=1S/C25H38N4O7S/c1-15(2)13-19(28-22(32)17(26)11-12-37-3)23(33)29-20(14-16-7-5-4-6-8-16)24(34)27-18(25(35)36)9-10-21(30)31/h4-8,15,17-20H,9-14,26H2,1-3H3,(H,27,34)(H,28,32)(H,29,33)(H,30,31)(H,35,36). The minimum atomic E-state index is -1.45. The lowest BCUT2D eigenvalue weighted by Crippen LogP contribution is -2.58. The second kappa shape index (κ2) is 16.6.